The normalized spacial score (nSPS) is 21.9. The summed E-state index contributed by atoms with van der Waals surface area (Å²) >= 11 is 0. The second-order valence-corrected chi connectivity index (χ2v) is 5.21. The summed E-state index contributed by atoms with van der Waals surface area (Å²) in [7, 11) is 0. The first-order valence-electron chi connectivity index (χ1n) is 7.44. The van der Waals surface area contributed by atoms with Gasteiger partial charge in [-0.05, 0) is 46.2 Å². The molecule has 106 valence electrons. The van der Waals surface area contributed by atoms with Crippen molar-refractivity contribution in [3.8, 4) is 0 Å². The van der Waals surface area contributed by atoms with E-state index in [4.69, 9.17) is 0 Å². The fourth-order valence-electron chi connectivity index (χ4n) is 2.58. The Morgan fingerprint density at radius 1 is 1.44 bits per heavy atom. The minimum Gasteiger partial charge on any atom is -0.355 e. The first-order chi connectivity index (χ1) is 8.69. The van der Waals surface area contributed by atoms with Crippen LogP contribution in [-0.2, 0) is 4.79 Å². The Morgan fingerprint density at radius 3 is 2.78 bits per heavy atom. The van der Waals surface area contributed by atoms with Crippen molar-refractivity contribution in [2.45, 2.75) is 58.5 Å². The molecule has 4 heteroatoms. The van der Waals surface area contributed by atoms with Crippen LogP contribution in [0.4, 0.5) is 0 Å². The quantitative estimate of drug-likeness (QED) is 0.722. The highest BCUT2D eigenvalue weighted by Crippen LogP contribution is 2.11. The van der Waals surface area contributed by atoms with E-state index in [1.165, 1.54) is 19.3 Å². The molecule has 0 spiro atoms. The molecule has 0 saturated carbocycles. The Bertz CT molecular complexity index is 239. The van der Waals surface area contributed by atoms with E-state index in [2.05, 4.69) is 22.5 Å². The van der Waals surface area contributed by atoms with Gasteiger partial charge in [-0.2, -0.15) is 0 Å². The van der Waals surface area contributed by atoms with E-state index >= 15 is 0 Å². The van der Waals surface area contributed by atoms with Crippen LogP contribution in [0.25, 0.3) is 0 Å². The maximum absolute atomic E-state index is 11.9. The van der Waals surface area contributed by atoms with Gasteiger partial charge in [-0.25, -0.2) is 0 Å². The average Bonchev–Trinajstić information content (AvgIpc) is 2.39. The Morgan fingerprint density at radius 2 is 2.22 bits per heavy atom. The van der Waals surface area contributed by atoms with Crippen LogP contribution in [0.2, 0.25) is 0 Å². The van der Waals surface area contributed by atoms with Gasteiger partial charge in [0.2, 0.25) is 5.91 Å². The van der Waals surface area contributed by atoms with E-state index in [0.717, 1.165) is 26.1 Å². The minimum absolute atomic E-state index is 0.0198. The second kappa shape index (κ2) is 8.48. The smallest absolute Gasteiger partial charge is 0.237 e. The number of amides is 1. The fraction of sp³-hybridized carbons (Fsp3) is 0.929. The highest BCUT2D eigenvalue weighted by molar-refractivity contribution is 5.81. The summed E-state index contributed by atoms with van der Waals surface area (Å²) < 4.78 is 0. The van der Waals surface area contributed by atoms with Gasteiger partial charge in [0, 0.05) is 19.1 Å². The molecule has 1 aliphatic rings. The molecule has 1 amide bonds. The van der Waals surface area contributed by atoms with Crippen LogP contribution in [0.5, 0.6) is 0 Å². The molecular weight excluding hydrogens is 226 g/mol. The largest absolute Gasteiger partial charge is 0.355 e. The monoisotopic (exact) mass is 255 g/mol. The Labute approximate surface area is 111 Å². The molecule has 0 bridgehead atoms. The molecule has 0 aromatic rings. The minimum atomic E-state index is -0.0198. The molecule has 18 heavy (non-hydrogen) atoms. The summed E-state index contributed by atoms with van der Waals surface area (Å²) in [6.07, 6.45) is 4.93. The Balaban J connectivity index is 2.48. The lowest BCUT2D eigenvalue weighted by atomic mass is 10.0. The number of nitrogens with zero attached hydrogens (tertiary/aromatic N) is 1. The van der Waals surface area contributed by atoms with Gasteiger partial charge in [0.05, 0.1) is 6.04 Å². The zero-order valence-corrected chi connectivity index (χ0v) is 12.2. The number of hydrogen-bond donors (Lipinski definition) is 2. The lowest BCUT2D eigenvalue weighted by molar-refractivity contribution is -0.125. The molecule has 2 N–H and O–H groups in total. The molecule has 0 aliphatic carbocycles. The van der Waals surface area contributed by atoms with Crippen LogP contribution in [0.1, 0.15) is 46.5 Å². The van der Waals surface area contributed by atoms with E-state index in [9.17, 15) is 4.79 Å². The molecule has 1 aliphatic heterocycles. The molecule has 1 rings (SSSR count). The van der Waals surface area contributed by atoms with E-state index in [-0.39, 0.29) is 11.9 Å². The summed E-state index contributed by atoms with van der Waals surface area (Å²) in [6.45, 7) is 9.99. The van der Waals surface area contributed by atoms with E-state index in [0.29, 0.717) is 12.6 Å². The third-order valence-electron chi connectivity index (χ3n) is 3.66. The summed E-state index contributed by atoms with van der Waals surface area (Å²) in [5, 5.41) is 6.48. The van der Waals surface area contributed by atoms with E-state index in [1.807, 2.05) is 13.8 Å². The van der Waals surface area contributed by atoms with Crippen molar-refractivity contribution in [3.63, 3.8) is 0 Å². The summed E-state index contributed by atoms with van der Waals surface area (Å²) in [5.74, 6) is 0.154. The van der Waals surface area contributed by atoms with Gasteiger partial charge in [-0.1, -0.05) is 13.3 Å². The fourth-order valence-corrected chi connectivity index (χ4v) is 2.58. The van der Waals surface area contributed by atoms with Gasteiger partial charge < -0.3 is 10.6 Å². The summed E-state index contributed by atoms with van der Waals surface area (Å²) in [5.41, 5.74) is 0. The lowest BCUT2D eigenvalue weighted by Crippen LogP contribution is -2.51. The standard InChI is InChI=1S/C14H29N3O/c1-4-10-17(12(3)14(18)15-5-2)11-13-8-6-7-9-16-13/h12-13,16H,4-11H2,1-3H3,(H,15,18). The SMILES string of the molecule is CCCN(CC1CCCCN1)C(C)C(=O)NCC. The number of carbonyl (C=O) groups is 1. The third kappa shape index (κ3) is 4.94. The predicted molar refractivity (Wildman–Crippen MR) is 75.7 cm³/mol. The molecule has 2 atom stereocenters. The number of rotatable bonds is 7. The molecule has 4 nitrogen and oxygen atoms in total. The van der Waals surface area contributed by atoms with Crippen LogP contribution < -0.4 is 10.6 Å². The van der Waals surface area contributed by atoms with Gasteiger partial charge in [0.15, 0.2) is 0 Å². The van der Waals surface area contributed by atoms with Crippen LogP contribution in [0.3, 0.4) is 0 Å². The van der Waals surface area contributed by atoms with Gasteiger partial charge in [-0.15, -0.1) is 0 Å². The second-order valence-electron chi connectivity index (χ2n) is 5.21. The van der Waals surface area contributed by atoms with Crippen molar-refractivity contribution in [1.82, 2.24) is 15.5 Å². The van der Waals surface area contributed by atoms with Crippen LogP contribution in [-0.4, -0.2) is 49.1 Å². The van der Waals surface area contributed by atoms with Crippen molar-refractivity contribution in [2.24, 2.45) is 0 Å². The third-order valence-corrected chi connectivity index (χ3v) is 3.66. The van der Waals surface area contributed by atoms with Crippen LogP contribution >= 0.6 is 0 Å². The maximum atomic E-state index is 11.9. The topological polar surface area (TPSA) is 44.4 Å². The highest BCUT2D eigenvalue weighted by atomic mass is 16.2. The number of piperidine rings is 1. The molecule has 0 aromatic heterocycles. The molecule has 0 radical (unpaired) electrons. The zero-order chi connectivity index (χ0) is 13.4. The van der Waals surface area contributed by atoms with Crippen LogP contribution in [0, 0.1) is 0 Å². The van der Waals surface area contributed by atoms with Gasteiger partial charge in [-0.3, -0.25) is 9.69 Å². The van der Waals surface area contributed by atoms with Gasteiger partial charge >= 0.3 is 0 Å². The first-order valence-corrected chi connectivity index (χ1v) is 7.44. The van der Waals surface area contributed by atoms with Crippen molar-refractivity contribution >= 4 is 5.91 Å². The molecule has 1 heterocycles. The Hall–Kier alpha value is -0.610. The van der Waals surface area contributed by atoms with Crippen molar-refractivity contribution < 1.29 is 4.79 Å². The van der Waals surface area contributed by atoms with Crippen molar-refractivity contribution in [2.75, 3.05) is 26.2 Å². The molecule has 1 fully saturated rings. The number of hydrogen-bond acceptors (Lipinski definition) is 3. The molecule has 1 saturated heterocycles. The van der Waals surface area contributed by atoms with Gasteiger partial charge in [0.1, 0.15) is 0 Å². The zero-order valence-electron chi connectivity index (χ0n) is 12.2. The average molecular weight is 255 g/mol. The van der Waals surface area contributed by atoms with Crippen LogP contribution in [0.15, 0.2) is 0 Å². The van der Waals surface area contributed by atoms with E-state index in [1.54, 1.807) is 0 Å². The lowest BCUT2D eigenvalue weighted by Gasteiger charge is -2.33. The van der Waals surface area contributed by atoms with Crippen molar-refractivity contribution in [3.05, 3.63) is 0 Å². The number of nitrogens with one attached hydrogen (secondary N) is 2. The molecular formula is C14H29N3O. The summed E-state index contributed by atoms with van der Waals surface area (Å²) in [4.78, 5) is 14.2. The van der Waals surface area contributed by atoms with Gasteiger partial charge in [0.25, 0.3) is 0 Å². The summed E-state index contributed by atoms with van der Waals surface area (Å²) in [6, 6.07) is 0.538. The van der Waals surface area contributed by atoms with Crippen molar-refractivity contribution in [1.29, 1.82) is 0 Å². The molecule has 2 unspecified atom stereocenters. The number of carbonyl (C=O) groups excluding carboxylic acids is 1. The Kier molecular flexibility index (Phi) is 7.28. The number of likely N-dealkylation sites (N-methyl/N-ethyl adjacent to an activating group) is 1. The highest BCUT2D eigenvalue weighted by Gasteiger charge is 2.23. The first kappa shape index (κ1) is 15.4. The van der Waals surface area contributed by atoms with E-state index < -0.39 is 0 Å². The predicted octanol–water partition coefficient (Wildman–Crippen LogP) is 1.37. The molecule has 0 aromatic carbocycles. The maximum Gasteiger partial charge on any atom is 0.237 e.